The average Bonchev–Trinajstić information content (AvgIpc) is 3.48. The van der Waals surface area contributed by atoms with Crippen molar-refractivity contribution < 1.29 is 4.74 Å². The molecule has 1 aliphatic heterocycles. The number of hydrogen-bond donors (Lipinski definition) is 2. The van der Waals surface area contributed by atoms with Gasteiger partial charge in [0, 0.05) is 47.9 Å². The van der Waals surface area contributed by atoms with Gasteiger partial charge in [-0.1, -0.05) is 18.2 Å². The van der Waals surface area contributed by atoms with Crippen molar-refractivity contribution in [3.63, 3.8) is 0 Å². The van der Waals surface area contributed by atoms with Gasteiger partial charge in [0.25, 0.3) is 0 Å². The maximum absolute atomic E-state index is 5.90. The zero-order valence-electron chi connectivity index (χ0n) is 18.3. The molecule has 1 saturated heterocycles. The number of aromatic nitrogens is 4. The molecule has 1 fully saturated rings. The number of nitrogens with one attached hydrogen (secondary N) is 1. The Kier molecular flexibility index (Phi) is 5.05. The molecule has 7 nitrogen and oxygen atoms in total. The van der Waals surface area contributed by atoms with E-state index in [4.69, 9.17) is 20.4 Å². The second-order valence-electron chi connectivity index (χ2n) is 8.25. The lowest BCUT2D eigenvalue weighted by Gasteiger charge is -2.28. The number of anilines is 1. The number of fused-ring (bicyclic) bond motifs is 2. The molecule has 166 valence electrons. The summed E-state index contributed by atoms with van der Waals surface area (Å²) in [6.07, 6.45) is 3.74. The Morgan fingerprint density at radius 3 is 2.85 bits per heavy atom. The average molecular weight is 457 g/mol. The van der Waals surface area contributed by atoms with Crippen LogP contribution in [-0.4, -0.2) is 46.2 Å². The molecule has 0 saturated carbocycles. The number of morpholine rings is 1. The molecule has 5 aromatic rings. The molecule has 0 aliphatic carbocycles. The Balaban J connectivity index is 1.57. The van der Waals surface area contributed by atoms with E-state index in [2.05, 4.69) is 52.1 Å². The number of aromatic amines is 1. The lowest BCUT2D eigenvalue weighted by Crippen LogP contribution is -2.36. The Hall–Kier alpha value is -3.33. The zero-order chi connectivity index (χ0) is 22.4. The van der Waals surface area contributed by atoms with Crippen molar-refractivity contribution in [3.8, 4) is 21.8 Å². The van der Waals surface area contributed by atoms with E-state index in [1.54, 1.807) is 11.3 Å². The van der Waals surface area contributed by atoms with Gasteiger partial charge in [0.15, 0.2) is 11.6 Å². The number of pyridine rings is 1. The number of H-pyrrole nitrogens is 1. The molecule has 0 bridgehead atoms. The quantitative estimate of drug-likeness (QED) is 0.413. The van der Waals surface area contributed by atoms with Crippen molar-refractivity contribution in [2.45, 2.75) is 13.5 Å². The molecule has 4 aromatic heterocycles. The van der Waals surface area contributed by atoms with Gasteiger partial charge >= 0.3 is 0 Å². The molecule has 33 heavy (non-hydrogen) atoms. The minimum atomic E-state index is 0.523. The number of ether oxygens (including phenoxy) is 1. The van der Waals surface area contributed by atoms with E-state index < -0.39 is 0 Å². The van der Waals surface area contributed by atoms with Gasteiger partial charge in [0.05, 0.1) is 23.4 Å². The van der Waals surface area contributed by atoms with Crippen LogP contribution < -0.4 is 10.6 Å². The van der Waals surface area contributed by atoms with Crippen LogP contribution in [0.4, 0.5) is 5.82 Å². The fourth-order valence-corrected chi connectivity index (χ4v) is 5.63. The predicted octanol–water partition coefficient (Wildman–Crippen LogP) is 4.51. The molecule has 0 atom stereocenters. The third-order valence-electron chi connectivity index (χ3n) is 6.14. The second-order valence-corrected chi connectivity index (χ2v) is 9.27. The van der Waals surface area contributed by atoms with Gasteiger partial charge in [-0.25, -0.2) is 15.0 Å². The van der Waals surface area contributed by atoms with Crippen LogP contribution >= 0.6 is 11.3 Å². The summed E-state index contributed by atoms with van der Waals surface area (Å²) in [7, 11) is 0. The number of nitrogens with two attached hydrogens (primary N) is 1. The van der Waals surface area contributed by atoms with Gasteiger partial charge in [-0.2, -0.15) is 0 Å². The number of thiophene rings is 1. The van der Waals surface area contributed by atoms with E-state index in [9.17, 15) is 0 Å². The lowest BCUT2D eigenvalue weighted by molar-refractivity contribution is 0.122. The van der Waals surface area contributed by atoms with Crippen LogP contribution in [0.15, 0.2) is 48.8 Å². The maximum Gasteiger partial charge on any atom is 0.163 e. The fourth-order valence-electron chi connectivity index (χ4n) is 4.37. The minimum Gasteiger partial charge on any atom is -0.378 e. The summed E-state index contributed by atoms with van der Waals surface area (Å²) in [4.78, 5) is 21.3. The minimum absolute atomic E-state index is 0.523. The van der Waals surface area contributed by atoms with Gasteiger partial charge in [-0.3, -0.25) is 0 Å². The largest absolute Gasteiger partial charge is 0.378 e. The summed E-state index contributed by atoms with van der Waals surface area (Å²) in [6.45, 7) is 5.71. The van der Waals surface area contributed by atoms with E-state index in [1.807, 2.05) is 18.5 Å². The van der Waals surface area contributed by atoms with E-state index in [1.165, 1.54) is 10.4 Å². The zero-order valence-corrected chi connectivity index (χ0v) is 19.2. The van der Waals surface area contributed by atoms with Crippen LogP contribution in [0.5, 0.6) is 0 Å². The summed E-state index contributed by atoms with van der Waals surface area (Å²) in [6, 6.07) is 12.6. The second kappa shape index (κ2) is 8.22. The summed E-state index contributed by atoms with van der Waals surface area (Å²) < 4.78 is 6.72. The first kappa shape index (κ1) is 20.3. The van der Waals surface area contributed by atoms with Crippen LogP contribution in [0.2, 0.25) is 0 Å². The first-order valence-corrected chi connectivity index (χ1v) is 11.9. The van der Waals surface area contributed by atoms with Crippen LogP contribution in [0.25, 0.3) is 43.1 Å². The SMILES string of the molecule is Cc1c(-c2cccc(CN)c2)sc2c(N3CCOCC3)nc(-c3cnc4[nH]ccc4c3)nc12. The monoisotopic (exact) mass is 456 g/mol. The van der Waals surface area contributed by atoms with E-state index in [-0.39, 0.29) is 0 Å². The van der Waals surface area contributed by atoms with Gasteiger partial charge in [0.1, 0.15) is 5.65 Å². The summed E-state index contributed by atoms with van der Waals surface area (Å²) >= 11 is 1.76. The summed E-state index contributed by atoms with van der Waals surface area (Å²) in [5.41, 5.74) is 12.1. The number of aryl methyl sites for hydroxylation is 1. The topological polar surface area (TPSA) is 93.0 Å². The van der Waals surface area contributed by atoms with Crippen molar-refractivity contribution in [2.75, 3.05) is 31.2 Å². The van der Waals surface area contributed by atoms with E-state index in [0.717, 1.165) is 56.8 Å². The number of hydrogen-bond acceptors (Lipinski definition) is 7. The molecule has 6 rings (SSSR count). The van der Waals surface area contributed by atoms with Crippen LogP contribution in [0.1, 0.15) is 11.1 Å². The van der Waals surface area contributed by atoms with E-state index >= 15 is 0 Å². The molecule has 5 heterocycles. The maximum atomic E-state index is 5.90. The molecular formula is C25H24N6OS. The molecule has 0 spiro atoms. The standard InChI is InChI=1S/C25H24N6OS/c1-15-20-22(33-21(15)17-4-2-3-16(11-17)13-26)25(31-7-9-32-10-8-31)30-24(29-20)19-12-18-5-6-27-23(18)28-14-19/h2-6,11-12,14H,7-10,13,26H2,1H3,(H,27,28). The highest BCUT2D eigenvalue weighted by Crippen LogP contribution is 2.42. The highest BCUT2D eigenvalue weighted by atomic mass is 32.1. The van der Waals surface area contributed by atoms with Crippen molar-refractivity contribution >= 4 is 38.4 Å². The van der Waals surface area contributed by atoms with Crippen LogP contribution in [-0.2, 0) is 11.3 Å². The highest BCUT2D eigenvalue weighted by Gasteiger charge is 2.23. The molecule has 1 aromatic carbocycles. The predicted molar refractivity (Wildman–Crippen MR) is 134 cm³/mol. The number of nitrogens with zero attached hydrogens (tertiary/aromatic N) is 4. The van der Waals surface area contributed by atoms with Crippen LogP contribution in [0, 0.1) is 6.92 Å². The highest BCUT2D eigenvalue weighted by molar-refractivity contribution is 7.23. The molecule has 0 unspecified atom stereocenters. The van der Waals surface area contributed by atoms with Gasteiger partial charge in [-0.15, -0.1) is 11.3 Å². The van der Waals surface area contributed by atoms with Gasteiger partial charge in [0.2, 0.25) is 0 Å². The lowest BCUT2D eigenvalue weighted by atomic mass is 10.1. The van der Waals surface area contributed by atoms with Crippen molar-refractivity contribution in [1.29, 1.82) is 0 Å². The molecule has 0 radical (unpaired) electrons. The third kappa shape index (κ3) is 3.56. The first-order chi connectivity index (χ1) is 16.2. The summed E-state index contributed by atoms with van der Waals surface area (Å²) in [5.74, 6) is 1.67. The molecule has 0 amide bonds. The fraction of sp³-hybridized carbons (Fsp3) is 0.240. The molecule has 3 N–H and O–H groups in total. The Labute approximate surface area is 195 Å². The molecule has 8 heteroatoms. The number of benzene rings is 1. The number of rotatable bonds is 4. The third-order valence-corrected chi connectivity index (χ3v) is 7.47. The van der Waals surface area contributed by atoms with Crippen molar-refractivity contribution in [1.82, 2.24) is 19.9 Å². The van der Waals surface area contributed by atoms with Crippen molar-refractivity contribution in [2.24, 2.45) is 5.73 Å². The molecule has 1 aliphatic rings. The summed E-state index contributed by atoms with van der Waals surface area (Å²) in [5, 5.41) is 1.05. The van der Waals surface area contributed by atoms with Gasteiger partial charge in [-0.05, 0) is 41.8 Å². The van der Waals surface area contributed by atoms with Crippen molar-refractivity contribution in [3.05, 3.63) is 59.9 Å². The Bertz CT molecular complexity index is 1470. The Morgan fingerprint density at radius 1 is 1.12 bits per heavy atom. The van der Waals surface area contributed by atoms with Gasteiger partial charge < -0.3 is 20.4 Å². The smallest absolute Gasteiger partial charge is 0.163 e. The Morgan fingerprint density at radius 2 is 2.00 bits per heavy atom. The van der Waals surface area contributed by atoms with E-state index in [0.29, 0.717) is 25.6 Å². The first-order valence-electron chi connectivity index (χ1n) is 11.1. The normalized spacial score (nSPS) is 14.4. The van der Waals surface area contributed by atoms with Crippen LogP contribution in [0.3, 0.4) is 0 Å². The molecular weight excluding hydrogens is 432 g/mol.